The van der Waals surface area contributed by atoms with Gasteiger partial charge in [-0.05, 0) is 44.0 Å². The molecule has 2 rings (SSSR count). The number of aliphatic hydroxyl groups excluding tert-OH is 1. The van der Waals surface area contributed by atoms with Crippen molar-refractivity contribution in [3.05, 3.63) is 30.1 Å². The SMILES string of the molecule is CC(Oc1ccc(F)cc1)C(=O)N1CCCCCC1CO. The molecular formula is C16H22FNO3. The summed E-state index contributed by atoms with van der Waals surface area (Å²) >= 11 is 0. The van der Waals surface area contributed by atoms with Gasteiger partial charge in [0.15, 0.2) is 6.10 Å². The highest BCUT2D eigenvalue weighted by Gasteiger charge is 2.29. The van der Waals surface area contributed by atoms with Crippen LogP contribution in [0.3, 0.4) is 0 Å². The van der Waals surface area contributed by atoms with Gasteiger partial charge in [0.2, 0.25) is 0 Å². The van der Waals surface area contributed by atoms with E-state index in [1.807, 2.05) is 0 Å². The fourth-order valence-electron chi connectivity index (χ4n) is 2.66. The Morgan fingerprint density at radius 2 is 2.10 bits per heavy atom. The predicted octanol–water partition coefficient (Wildman–Crippen LogP) is 2.36. The third-order valence-corrected chi connectivity index (χ3v) is 3.85. The summed E-state index contributed by atoms with van der Waals surface area (Å²) in [4.78, 5) is 14.2. The van der Waals surface area contributed by atoms with Gasteiger partial charge in [-0.1, -0.05) is 12.8 Å². The third kappa shape index (κ3) is 4.17. The smallest absolute Gasteiger partial charge is 0.263 e. The van der Waals surface area contributed by atoms with Gasteiger partial charge < -0.3 is 14.7 Å². The van der Waals surface area contributed by atoms with Gasteiger partial charge in [0.1, 0.15) is 11.6 Å². The van der Waals surface area contributed by atoms with Crippen LogP contribution in [-0.4, -0.2) is 41.2 Å². The lowest BCUT2D eigenvalue weighted by atomic mass is 10.1. The number of carbonyl (C=O) groups is 1. The topological polar surface area (TPSA) is 49.8 Å². The van der Waals surface area contributed by atoms with E-state index < -0.39 is 6.10 Å². The molecule has 1 heterocycles. The fraction of sp³-hybridized carbons (Fsp3) is 0.562. The van der Waals surface area contributed by atoms with Crippen LogP contribution in [0.15, 0.2) is 24.3 Å². The number of ether oxygens (including phenoxy) is 1. The summed E-state index contributed by atoms with van der Waals surface area (Å²) in [6.07, 6.45) is 3.23. The van der Waals surface area contributed by atoms with E-state index >= 15 is 0 Å². The lowest BCUT2D eigenvalue weighted by Crippen LogP contribution is -2.47. The Hall–Kier alpha value is -1.62. The Kier molecular flexibility index (Phi) is 5.56. The zero-order valence-corrected chi connectivity index (χ0v) is 12.3. The van der Waals surface area contributed by atoms with Gasteiger partial charge in [0.05, 0.1) is 12.6 Å². The summed E-state index contributed by atoms with van der Waals surface area (Å²) in [6, 6.07) is 5.49. The molecule has 1 aromatic carbocycles. The number of halogens is 1. The summed E-state index contributed by atoms with van der Waals surface area (Å²) in [5, 5.41) is 9.46. The summed E-state index contributed by atoms with van der Waals surface area (Å²) in [5.74, 6) is 0.00193. The number of nitrogens with zero attached hydrogens (tertiary/aromatic N) is 1. The molecule has 5 heteroatoms. The van der Waals surface area contributed by atoms with Crippen molar-refractivity contribution in [2.45, 2.75) is 44.8 Å². The minimum absolute atomic E-state index is 0.0188. The zero-order chi connectivity index (χ0) is 15.2. The molecule has 116 valence electrons. The average molecular weight is 295 g/mol. The van der Waals surface area contributed by atoms with Gasteiger partial charge in [-0.25, -0.2) is 4.39 Å². The maximum absolute atomic E-state index is 12.9. The highest BCUT2D eigenvalue weighted by molar-refractivity contribution is 5.81. The molecule has 0 bridgehead atoms. The van der Waals surface area contributed by atoms with Crippen molar-refractivity contribution in [3.8, 4) is 5.75 Å². The van der Waals surface area contributed by atoms with E-state index in [1.54, 1.807) is 11.8 Å². The number of aliphatic hydroxyl groups is 1. The number of benzene rings is 1. The first-order valence-corrected chi connectivity index (χ1v) is 7.45. The van der Waals surface area contributed by atoms with Gasteiger partial charge in [-0.15, -0.1) is 0 Å². The average Bonchev–Trinajstić information content (AvgIpc) is 2.73. The predicted molar refractivity (Wildman–Crippen MR) is 77.5 cm³/mol. The highest BCUT2D eigenvalue weighted by Crippen LogP contribution is 2.19. The van der Waals surface area contributed by atoms with Crippen LogP contribution in [0.2, 0.25) is 0 Å². The number of carbonyl (C=O) groups excluding carboxylic acids is 1. The van der Waals surface area contributed by atoms with E-state index in [4.69, 9.17) is 4.74 Å². The molecule has 0 radical (unpaired) electrons. The van der Waals surface area contributed by atoms with Gasteiger partial charge in [-0.2, -0.15) is 0 Å². The maximum atomic E-state index is 12.9. The molecule has 1 fully saturated rings. The molecule has 2 unspecified atom stereocenters. The number of rotatable bonds is 4. The van der Waals surface area contributed by atoms with Crippen LogP contribution in [0.5, 0.6) is 5.75 Å². The monoisotopic (exact) mass is 295 g/mol. The minimum atomic E-state index is -0.650. The second-order valence-corrected chi connectivity index (χ2v) is 5.43. The van der Waals surface area contributed by atoms with Gasteiger partial charge in [0.25, 0.3) is 5.91 Å². The van der Waals surface area contributed by atoms with Crippen LogP contribution in [0.4, 0.5) is 4.39 Å². The first-order chi connectivity index (χ1) is 10.1. The lowest BCUT2D eigenvalue weighted by molar-refractivity contribution is -0.141. The number of likely N-dealkylation sites (tertiary alicyclic amines) is 1. The number of amides is 1. The first-order valence-electron chi connectivity index (χ1n) is 7.45. The molecule has 1 aromatic rings. The van der Waals surface area contributed by atoms with E-state index in [0.29, 0.717) is 12.3 Å². The van der Waals surface area contributed by atoms with Crippen LogP contribution in [-0.2, 0) is 4.79 Å². The highest BCUT2D eigenvalue weighted by atomic mass is 19.1. The molecule has 0 aromatic heterocycles. The standard InChI is InChI=1S/C16H22FNO3/c1-12(21-15-8-6-13(17)7-9-15)16(20)18-10-4-2-3-5-14(18)11-19/h6-9,12,14,19H,2-5,10-11H2,1H3. The summed E-state index contributed by atoms with van der Waals surface area (Å²) in [6.45, 7) is 2.32. The van der Waals surface area contributed by atoms with Gasteiger partial charge in [-0.3, -0.25) is 4.79 Å². The molecule has 1 aliphatic rings. The lowest BCUT2D eigenvalue weighted by Gasteiger charge is -2.31. The van der Waals surface area contributed by atoms with Gasteiger partial charge in [0, 0.05) is 6.54 Å². The Labute approximate surface area is 124 Å². The van der Waals surface area contributed by atoms with Crippen molar-refractivity contribution in [1.29, 1.82) is 0 Å². The summed E-state index contributed by atoms with van der Waals surface area (Å²) in [5.41, 5.74) is 0. The second-order valence-electron chi connectivity index (χ2n) is 5.43. The van der Waals surface area contributed by atoms with Crippen molar-refractivity contribution in [2.75, 3.05) is 13.2 Å². The van der Waals surface area contributed by atoms with Crippen LogP contribution in [0.25, 0.3) is 0 Å². The van der Waals surface area contributed by atoms with Crippen molar-refractivity contribution < 1.29 is 19.0 Å². The largest absolute Gasteiger partial charge is 0.481 e. The minimum Gasteiger partial charge on any atom is -0.481 e. The molecule has 1 N–H and O–H groups in total. The van der Waals surface area contributed by atoms with E-state index in [-0.39, 0.29) is 24.4 Å². The molecule has 2 atom stereocenters. The number of hydrogen-bond acceptors (Lipinski definition) is 3. The van der Waals surface area contributed by atoms with Crippen LogP contribution >= 0.6 is 0 Å². The molecule has 1 aliphatic heterocycles. The summed E-state index contributed by atoms with van der Waals surface area (Å²) < 4.78 is 18.4. The zero-order valence-electron chi connectivity index (χ0n) is 12.3. The first kappa shape index (κ1) is 15.8. The van der Waals surface area contributed by atoms with Crippen LogP contribution < -0.4 is 4.74 Å². The normalized spacial score (nSPS) is 20.7. The van der Waals surface area contributed by atoms with Crippen LogP contribution in [0, 0.1) is 5.82 Å². The molecule has 0 spiro atoms. The maximum Gasteiger partial charge on any atom is 0.263 e. The molecular weight excluding hydrogens is 273 g/mol. The Balaban J connectivity index is 2.01. The Morgan fingerprint density at radius 3 is 2.76 bits per heavy atom. The van der Waals surface area contributed by atoms with E-state index in [2.05, 4.69) is 0 Å². The molecule has 21 heavy (non-hydrogen) atoms. The molecule has 1 amide bonds. The van der Waals surface area contributed by atoms with Crippen molar-refractivity contribution in [1.82, 2.24) is 4.90 Å². The molecule has 0 saturated carbocycles. The van der Waals surface area contributed by atoms with Crippen molar-refractivity contribution in [2.24, 2.45) is 0 Å². The van der Waals surface area contributed by atoms with Crippen LogP contribution in [0.1, 0.15) is 32.6 Å². The molecule has 1 saturated heterocycles. The Morgan fingerprint density at radius 1 is 1.38 bits per heavy atom. The molecule has 0 aliphatic carbocycles. The molecule has 4 nitrogen and oxygen atoms in total. The number of hydrogen-bond donors (Lipinski definition) is 1. The Bertz CT molecular complexity index is 463. The summed E-state index contributed by atoms with van der Waals surface area (Å²) in [7, 11) is 0. The van der Waals surface area contributed by atoms with E-state index in [9.17, 15) is 14.3 Å². The van der Waals surface area contributed by atoms with Crippen molar-refractivity contribution in [3.63, 3.8) is 0 Å². The van der Waals surface area contributed by atoms with Gasteiger partial charge >= 0.3 is 0 Å². The second kappa shape index (κ2) is 7.41. The van der Waals surface area contributed by atoms with E-state index in [0.717, 1.165) is 25.7 Å². The van der Waals surface area contributed by atoms with Crippen molar-refractivity contribution >= 4 is 5.91 Å². The quantitative estimate of drug-likeness (QED) is 0.927. The fourth-order valence-corrected chi connectivity index (χ4v) is 2.66. The third-order valence-electron chi connectivity index (χ3n) is 3.85. The van der Waals surface area contributed by atoms with E-state index in [1.165, 1.54) is 24.3 Å².